The van der Waals surface area contributed by atoms with Crippen molar-refractivity contribution in [2.45, 2.75) is 11.4 Å². The average Bonchev–Trinajstić information content (AvgIpc) is 2.78. The van der Waals surface area contributed by atoms with E-state index in [0.29, 0.717) is 15.9 Å². The fourth-order valence-corrected chi connectivity index (χ4v) is 1.98. The van der Waals surface area contributed by atoms with Crippen molar-refractivity contribution in [2.75, 3.05) is 5.73 Å². The van der Waals surface area contributed by atoms with Gasteiger partial charge in [0, 0.05) is 22.3 Å². The number of alkyl halides is 2. The molecule has 0 amide bonds. The van der Waals surface area contributed by atoms with Gasteiger partial charge >= 0.3 is 6.55 Å². The van der Waals surface area contributed by atoms with Gasteiger partial charge in [0.2, 0.25) is 0 Å². The maximum absolute atomic E-state index is 12.4. The summed E-state index contributed by atoms with van der Waals surface area (Å²) < 4.78 is 25.4. The minimum Gasteiger partial charge on any atom is -0.399 e. The van der Waals surface area contributed by atoms with Crippen molar-refractivity contribution in [1.82, 2.24) is 9.78 Å². The van der Waals surface area contributed by atoms with Gasteiger partial charge in [-0.3, -0.25) is 5.14 Å². The molecule has 2 rings (SSSR count). The number of hydrogen-bond donors (Lipinski definition) is 2. The molecule has 2 aromatic rings. The molecule has 0 atom stereocenters. The van der Waals surface area contributed by atoms with Crippen molar-refractivity contribution < 1.29 is 8.78 Å². The van der Waals surface area contributed by atoms with E-state index in [4.69, 9.17) is 10.9 Å². The molecule has 7 heteroatoms. The Morgan fingerprint density at radius 2 is 2.12 bits per heavy atom. The summed E-state index contributed by atoms with van der Waals surface area (Å²) in [6, 6.07) is 5.12. The number of nitrogens with zero attached hydrogens (tertiary/aromatic N) is 2. The molecule has 0 aliphatic heterocycles. The predicted molar refractivity (Wildman–Crippen MR) is 63.4 cm³/mol. The van der Waals surface area contributed by atoms with E-state index in [1.165, 1.54) is 12.4 Å². The van der Waals surface area contributed by atoms with Crippen LogP contribution in [0.15, 0.2) is 35.5 Å². The molecule has 17 heavy (non-hydrogen) atoms. The highest BCUT2D eigenvalue weighted by atomic mass is 32.2. The van der Waals surface area contributed by atoms with Gasteiger partial charge in [-0.25, -0.2) is 4.68 Å². The minimum atomic E-state index is -2.65. The van der Waals surface area contributed by atoms with E-state index in [-0.39, 0.29) is 0 Å². The van der Waals surface area contributed by atoms with E-state index in [1.807, 2.05) is 0 Å². The molecule has 0 radical (unpaired) electrons. The van der Waals surface area contributed by atoms with Crippen LogP contribution in [0.4, 0.5) is 14.5 Å². The van der Waals surface area contributed by atoms with Crippen molar-refractivity contribution in [3.05, 3.63) is 30.6 Å². The second-order valence-corrected chi connectivity index (χ2v) is 4.04. The van der Waals surface area contributed by atoms with E-state index < -0.39 is 6.55 Å². The first-order chi connectivity index (χ1) is 8.11. The van der Waals surface area contributed by atoms with Crippen molar-refractivity contribution >= 4 is 17.6 Å². The number of halogens is 2. The predicted octanol–water partition coefficient (Wildman–Crippen LogP) is 2.49. The minimum absolute atomic E-state index is 0.572. The monoisotopic (exact) mass is 256 g/mol. The number of aromatic nitrogens is 2. The molecule has 0 fully saturated rings. The number of anilines is 1. The van der Waals surface area contributed by atoms with Crippen LogP contribution in [0.25, 0.3) is 11.1 Å². The highest BCUT2D eigenvalue weighted by Crippen LogP contribution is 2.31. The first-order valence-corrected chi connectivity index (χ1v) is 5.58. The fraction of sp³-hybridized carbons (Fsp3) is 0.100. The van der Waals surface area contributed by atoms with E-state index in [9.17, 15) is 8.78 Å². The van der Waals surface area contributed by atoms with Gasteiger partial charge in [0.15, 0.2) is 0 Å². The van der Waals surface area contributed by atoms with Gasteiger partial charge in [-0.2, -0.15) is 13.9 Å². The normalized spacial score (nSPS) is 11.1. The first kappa shape index (κ1) is 11.9. The Bertz CT molecular complexity index is 527. The van der Waals surface area contributed by atoms with Crippen LogP contribution in [0.2, 0.25) is 0 Å². The molecule has 0 aliphatic rings. The lowest BCUT2D eigenvalue weighted by Gasteiger charge is -2.05. The molecular weight excluding hydrogens is 246 g/mol. The molecule has 0 saturated heterocycles. The maximum atomic E-state index is 12.4. The Hall–Kier alpha value is -1.60. The summed E-state index contributed by atoms with van der Waals surface area (Å²) in [6.45, 7) is -2.65. The quantitative estimate of drug-likeness (QED) is 0.654. The second-order valence-electron chi connectivity index (χ2n) is 3.36. The highest BCUT2D eigenvalue weighted by molar-refractivity contribution is 7.97. The SMILES string of the molecule is NSc1cc(N)ccc1-c1cnn(C(F)F)c1. The number of nitrogens with two attached hydrogens (primary N) is 2. The summed E-state index contributed by atoms with van der Waals surface area (Å²) in [5, 5.41) is 9.08. The van der Waals surface area contributed by atoms with Gasteiger partial charge < -0.3 is 5.73 Å². The van der Waals surface area contributed by atoms with Gasteiger partial charge in [0.1, 0.15) is 0 Å². The van der Waals surface area contributed by atoms with Crippen molar-refractivity contribution in [3.8, 4) is 11.1 Å². The molecule has 0 unspecified atom stereocenters. The Morgan fingerprint density at radius 1 is 1.35 bits per heavy atom. The number of hydrogen-bond acceptors (Lipinski definition) is 4. The van der Waals surface area contributed by atoms with Gasteiger partial charge in [0.25, 0.3) is 0 Å². The zero-order valence-electron chi connectivity index (χ0n) is 8.68. The Kier molecular flexibility index (Phi) is 3.30. The Morgan fingerprint density at radius 3 is 2.71 bits per heavy atom. The summed E-state index contributed by atoms with van der Waals surface area (Å²) in [7, 11) is 0. The highest BCUT2D eigenvalue weighted by Gasteiger charge is 2.11. The lowest BCUT2D eigenvalue weighted by molar-refractivity contribution is 0.0566. The zero-order valence-corrected chi connectivity index (χ0v) is 9.49. The van der Waals surface area contributed by atoms with Gasteiger partial charge in [-0.15, -0.1) is 0 Å². The van der Waals surface area contributed by atoms with E-state index in [2.05, 4.69) is 5.10 Å². The molecular formula is C10H10F2N4S. The van der Waals surface area contributed by atoms with Crippen LogP contribution < -0.4 is 10.9 Å². The smallest absolute Gasteiger partial charge is 0.333 e. The van der Waals surface area contributed by atoms with Gasteiger partial charge in [-0.1, -0.05) is 6.07 Å². The largest absolute Gasteiger partial charge is 0.399 e. The second kappa shape index (κ2) is 4.72. The molecule has 0 saturated carbocycles. The van der Waals surface area contributed by atoms with Crippen LogP contribution in [-0.4, -0.2) is 9.78 Å². The molecule has 1 aromatic carbocycles. The molecule has 0 aliphatic carbocycles. The maximum Gasteiger partial charge on any atom is 0.333 e. The zero-order chi connectivity index (χ0) is 12.4. The molecule has 0 spiro atoms. The third-order valence-corrected chi connectivity index (χ3v) is 2.84. The fourth-order valence-electron chi connectivity index (χ4n) is 1.46. The Labute approximate surface area is 101 Å². The molecule has 1 aromatic heterocycles. The summed E-state index contributed by atoms with van der Waals surface area (Å²) in [6.07, 6.45) is 2.65. The molecule has 90 valence electrons. The lowest BCUT2D eigenvalue weighted by Crippen LogP contribution is -1.96. The first-order valence-electron chi connectivity index (χ1n) is 4.70. The topological polar surface area (TPSA) is 69.9 Å². The average molecular weight is 256 g/mol. The third-order valence-electron chi connectivity index (χ3n) is 2.25. The van der Waals surface area contributed by atoms with Crippen LogP contribution in [0.1, 0.15) is 6.55 Å². The van der Waals surface area contributed by atoms with Crippen molar-refractivity contribution in [3.63, 3.8) is 0 Å². The van der Waals surface area contributed by atoms with E-state index in [1.54, 1.807) is 18.2 Å². The summed E-state index contributed by atoms with van der Waals surface area (Å²) in [5.41, 5.74) is 7.51. The molecule has 1 heterocycles. The van der Waals surface area contributed by atoms with Gasteiger partial charge in [-0.05, 0) is 29.6 Å². The van der Waals surface area contributed by atoms with Crippen LogP contribution >= 0.6 is 11.9 Å². The van der Waals surface area contributed by atoms with E-state index in [0.717, 1.165) is 22.4 Å². The van der Waals surface area contributed by atoms with Crippen molar-refractivity contribution in [2.24, 2.45) is 5.14 Å². The Balaban J connectivity index is 2.44. The number of benzene rings is 1. The van der Waals surface area contributed by atoms with Crippen molar-refractivity contribution in [1.29, 1.82) is 0 Å². The summed E-state index contributed by atoms with van der Waals surface area (Å²) >= 11 is 1.02. The number of rotatable bonds is 3. The van der Waals surface area contributed by atoms with Crippen LogP contribution in [0.3, 0.4) is 0 Å². The number of nitrogen functional groups attached to an aromatic ring is 1. The lowest BCUT2D eigenvalue weighted by atomic mass is 10.1. The summed E-state index contributed by atoms with van der Waals surface area (Å²) in [5.74, 6) is 0. The van der Waals surface area contributed by atoms with Crippen LogP contribution in [0.5, 0.6) is 0 Å². The van der Waals surface area contributed by atoms with E-state index >= 15 is 0 Å². The molecule has 4 nitrogen and oxygen atoms in total. The van der Waals surface area contributed by atoms with Crippen LogP contribution in [0, 0.1) is 0 Å². The standard InChI is InChI=1S/C10H10F2N4S/c11-10(12)16-5-6(4-15-16)8-2-1-7(13)3-9(8)17-14/h1-5,10H,13-14H2. The summed E-state index contributed by atoms with van der Waals surface area (Å²) in [4.78, 5) is 0.721. The van der Waals surface area contributed by atoms with Gasteiger partial charge in [0.05, 0.1) is 6.20 Å². The molecule has 4 N–H and O–H groups in total. The molecule has 0 bridgehead atoms. The van der Waals surface area contributed by atoms with Crippen LogP contribution in [-0.2, 0) is 0 Å². The third kappa shape index (κ3) is 2.40.